The standard InChI is InChI=1S/C18H28F2N4O2.HI/c1-3-21-18(22-7-9-26-11-10-25-2)23-15-6-8-24(13-15)17-5-4-14(19)12-16(17)20;/h4-5,12,15H,3,6-11,13H2,1-2H3,(H2,21,22,23);1H. The van der Waals surface area contributed by atoms with Crippen LogP contribution in [0.15, 0.2) is 23.2 Å². The number of hydrogen-bond acceptors (Lipinski definition) is 4. The molecule has 2 rings (SSSR count). The summed E-state index contributed by atoms with van der Waals surface area (Å²) in [7, 11) is 1.64. The van der Waals surface area contributed by atoms with Gasteiger partial charge in [-0.2, -0.15) is 0 Å². The van der Waals surface area contributed by atoms with E-state index < -0.39 is 11.6 Å². The van der Waals surface area contributed by atoms with Crippen LogP contribution in [0.4, 0.5) is 14.5 Å². The first kappa shape index (κ1) is 23.8. The van der Waals surface area contributed by atoms with Crippen LogP contribution in [0.5, 0.6) is 0 Å². The van der Waals surface area contributed by atoms with Crippen molar-refractivity contribution in [1.29, 1.82) is 0 Å². The van der Waals surface area contributed by atoms with Crippen molar-refractivity contribution in [3.8, 4) is 0 Å². The van der Waals surface area contributed by atoms with Crippen LogP contribution in [0, 0.1) is 11.6 Å². The van der Waals surface area contributed by atoms with Gasteiger partial charge < -0.3 is 25.0 Å². The van der Waals surface area contributed by atoms with Crippen LogP contribution < -0.4 is 15.5 Å². The molecule has 0 aromatic heterocycles. The molecule has 0 bridgehead atoms. The Hall–Kier alpha value is -1.20. The third-order valence-corrected chi connectivity index (χ3v) is 4.06. The zero-order valence-corrected chi connectivity index (χ0v) is 18.2. The van der Waals surface area contributed by atoms with E-state index in [1.54, 1.807) is 7.11 Å². The van der Waals surface area contributed by atoms with E-state index in [0.717, 1.165) is 19.0 Å². The van der Waals surface area contributed by atoms with Crippen molar-refractivity contribution < 1.29 is 18.3 Å². The molecule has 0 radical (unpaired) electrons. The number of benzene rings is 1. The van der Waals surface area contributed by atoms with Crippen LogP contribution in [-0.4, -0.2) is 65.1 Å². The molecule has 0 aliphatic carbocycles. The van der Waals surface area contributed by atoms with Crippen LogP contribution in [-0.2, 0) is 9.47 Å². The molecule has 1 unspecified atom stereocenters. The molecule has 1 heterocycles. The van der Waals surface area contributed by atoms with Gasteiger partial charge >= 0.3 is 0 Å². The first-order chi connectivity index (χ1) is 12.6. The molecule has 27 heavy (non-hydrogen) atoms. The van der Waals surface area contributed by atoms with E-state index in [2.05, 4.69) is 15.6 Å². The van der Waals surface area contributed by atoms with Gasteiger partial charge in [0.25, 0.3) is 0 Å². The van der Waals surface area contributed by atoms with Crippen molar-refractivity contribution in [3.05, 3.63) is 29.8 Å². The molecule has 1 saturated heterocycles. The molecular weight excluding hydrogens is 469 g/mol. The Morgan fingerprint density at radius 2 is 2.11 bits per heavy atom. The third kappa shape index (κ3) is 8.14. The van der Waals surface area contributed by atoms with E-state index >= 15 is 0 Å². The lowest BCUT2D eigenvalue weighted by Gasteiger charge is -2.21. The van der Waals surface area contributed by atoms with Gasteiger partial charge in [-0.3, -0.25) is 4.99 Å². The number of nitrogens with zero attached hydrogens (tertiary/aromatic N) is 2. The maximum Gasteiger partial charge on any atom is 0.191 e. The molecule has 1 fully saturated rings. The van der Waals surface area contributed by atoms with E-state index in [-0.39, 0.29) is 30.0 Å². The van der Waals surface area contributed by atoms with Crippen molar-refractivity contribution in [1.82, 2.24) is 10.6 Å². The molecule has 1 atom stereocenters. The monoisotopic (exact) mass is 498 g/mol. The van der Waals surface area contributed by atoms with Crippen molar-refractivity contribution in [2.24, 2.45) is 4.99 Å². The molecule has 1 aliphatic heterocycles. The van der Waals surface area contributed by atoms with Crippen molar-refractivity contribution in [3.63, 3.8) is 0 Å². The molecule has 0 amide bonds. The first-order valence-electron chi connectivity index (χ1n) is 8.95. The van der Waals surface area contributed by atoms with E-state index in [4.69, 9.17) is 9.47 Å². The Balaban J connectivity index is 0.00000364. The Morgan fingerprint density at radius 1 is 1.30 bits per heavy atom. The van der Waals surface area contributed by atoms with Crippen LogP contribution in [0.3, 0.4) is 0 Å². The average Bonchev–Trinajstić information content (AvgIpc) is 3.06. The maximum absolute atomic E-state index is 13.9. The maximum atomic E-state index is 13.9. The summed E-state index contributed by atoms with van der Waals surface area (Å²) in [5, 5.41) is 6.57. The zero-order valence-electron chi connectivity index (χ0n) is 15.8. The van der Waals surface area contributed by atoms with Gasteiger partial charge in [0.15, 0.2) is 5.96 Å². The summed E-state index contributed by atoms with van der Waals surface area (Å²) in [6.07, 6.45) is 0.853. The van der Waals surface area contributed by atoms with Gasteiger partial charge in [0.05, 0.1) is 32.1 Å². The number of ether oxygens (including phenoxy) is 2. The Kier molecular flexibility index (Phi) is 11.5. The van der Waals surface area contributed by atoms with E-state index in [1.807, 2.05) is 11.8 Å². The van der Waals surface area contributed by atoms with Gasteiger partial charge in [-0.25, -0.2) is 8.78 Å². The fraction of sp³-hybridized carbons (Fsp3) is 0.611. The molecule has 1 aromatic rings. The first-order valence-corrected chi connectivity index (χ1v) is 8.95. The smallest absolute Gasteiger partial charge is 0.191 e. The third-order valence-electron chi connectivity index (χ3n) is 4.06. The number of anilines is 1. The van der Waals surface area contributed by atoms with Gasteiger partial charge in [-0.1, -0.05) is 0 Å². The average molecular weight is 498 g/mol. The van der Waals surface area contributed by atoms with E-state index in [0.29, 0.717) is 51.1 Å². The molecule has 1 aliphatic rings. The molecule has 6 nitrogen and oxygen atoms in total. The van der Waals surface area contributed by atoms with Crippen LogP contribution in [0.2, 0.25) is 0 Å². The van der Waals surface area contributed by atoms with Gasteiger partial charge in [0.2, 0.25) is 0 Å². The summed E-state index contributed by atoms with van der Waals surface area (Å²) in [5.41, 5.74) is 0.434. The zero-order chi connectivity index (χ0) is 18.8. The van der Waals surface area contributed by atoms with Crippen molar-refractivity contribution in [2.75, 3.05) is 58.0 Å². The molecule has 0 saturated carbocycles. The number of aliphatic imine (C=N–C) groups is 1. The summed E-state index contributed by atoms with van der Waals surface area (Å²) in [6.45, 7) is 6.29. The highest BCUT2D eigenvalue weighted by Crippen LogP contribution is 2.24. The molecular formula is C18H29F2IN4O2. The summed E-state index contributed by atoms with van der Waals surface area (Å²) in [6, 6.07) is 3.84. The predicted molar refractivity (Wildman–Crippen MR) is 114 cm³/mol. The quantitative estimate of drug-likeness (QED) is 0.237. The van der Waals surface area contributed by atoms with E-state index in [1.165, 1.54) is 12.1 Å². The molecule has 154 valence electrons. The number of nitrogens with one attached hydrogen (secondary N) is 2. The van der Waals surface area contributed by atoms with Crippen molar-refractivity contribution in [2.45, 2.75) is 19.4 Å². The lowest BCUT2D eigenvalue weighted by atomic mass is 10.2. The fourth-order valence-corrected chi connectivity index (χ4v) is 2.81. The summed E-state index contributed by atoms with van der Waals surface area (Å²) < 4.78 is 37.3. The second-order valence-corrected chi connectivity index (χ2v) is 6.04. The minimum absolute atomic E-state index is 0. The second-order valence-electron chi connectivity index (χ2n) is 6.04. The Labute approximate surface area is 176 Å². The Morgan fingerprint density at radius 3 is 2.81 bits per heavy atom. The minimum atomic E-state index is -0.561. The fourth-order valence-electron chi connectivity index (χ4n) is 2.81. The van der Waals surface area contributed by atoms with Gasteiger partial charge in [-0.05, 0) is 25.5 Å². The summed E-state index contributed by atoms with van der Waals surface area (Å²) >= 11 is 0. The summed E-state index contributed by atoms with van der Waals surface area (Å²) in [5.74, 6) is -0.372. The van der Waals surface area contributed by atoms with E-state index in [9.17, 15) is 8.78 Å². The topological polar surface area (TPSA) is 58.1 Å². The molecule has 2 N–H and O–H groups in total. The molecule has 1 aromatic carbocycles. The minimum Gasteiger partial charge on any atom is -0.382 e. The lowest BCUT2D eigenvalue weighted by Crippen LogP contribution is -2.44. The summed E-state index contributed by atoms with van der Waals surface area (Å²) in [4.78, 5) is 6.41. The lowest BCUT2D eigenvalue weighted by molar-refractivity contribution is 0.0748. The van der Waals surface area contributed by atoms with Crippen LogP contribution in [0.25, 0.3) is 0 Å². The van der Waals surface area contributed by atoms with Crippen molar-refractivity contribution >= 4 is 35.6 Å². The normalized spacial score (nSPS) is 17.0. The number of guanidine groups is 1. The van der Waals surface area contributed by atoms with Crippen LogP contribution >= 0.6 is 24.0 Å². The van der Waals surface area contributed by atoms with Gasteiger partial charge in [0, 0.05) is 38.9 Å². The second kappa shape index (κ2) is 13.1. The highest BCUT2D eigenvalue weighted by Gasteiger charge is 2.25. The highest BCUT2D eigenvalue weighted by molar-refractivity contribution is 14.0. The number of rotatable bonds is 9. The van der Waals surface area contributed by atoms with Gasteiger partial charge in [0.1, 0.15) is 11.6 Å². The number of hydrogen-bond donors (Lipinski definition) is 2. The SMILES string of the molecule is CCNC(=NCCOCCOC)NC1CCN(c2ccc(F)cc2F)C1.I. The number of halogens is 3. The number of methoxy groups -OCH3 is 1. The highest BCUT2D eigenvalue weighted by atomic mass is 127. The van der Waals surface area contributed by atoms with Gasteiger partial charge in [-0.15, -0.1) is 24.0 Å². The largest absolute Gasteiger partial charge is 0.382 e. The molecule has 9 heteroatoms. The molecule has 0 spiro atoms. The Bertz CT molecular complexity index is 592. The van der Waals surface area contributed by atoms with Crippen LogP contribution in [0.1, 0.15) is 13.3 Å². The predicted octanol–water partition coefficient (Wildman–Crippen LogP) is 2.38.